The maximum absolute atomic E-state index is 12.5. The van der Waals surface area contributed by atoms with Crippen molar-refractivity contribution < 1.29 is 14.3 Å². The lowest BCUT2D eigenvalue weighted by Crippen LogP contribution is -2.45. The van der Waals surface area contributed by atoms with Gasteiger partial charge in [-0.3, -0.25) is 9.59 Å². The van der Waals surface area contributed by atoms with Crippen LogP contribution >= 0.6 is 15.9 Å². The number of hydrogen-bond acceptors (Lipinski definition) is 3. The van der Waals surface area contributed by atoms with Gasteiger partial charge < -0.3 is 15.0 Å². The number of para-hydroxylation sites is 2. The summed E-state index contributed by atoms with van der Waals surface area (Å²) in [5.41, 5.74) is 1.73. The number of nitrogens with zero attached hydrogens (tertiary/aromatic N) is 1. The fourth-order valence-electron chi connectivity index (χ4n) is 3.02. The molecule has 0 aromatic heterocycles. The molecule has 0 radical (unpaired) electrons. The van der Waals surface area contributed by atoms with Crippen LogP contribution in [0.1, 0.15) is 31.9 Å². The second kappa shape index (κ2) is 7.91. The average molecular weight is 417 g/mol. The van der Waals surface area contributed by atoms with Crippen LogP contribution in [0.15, 0.2) is 53.0 Å². The van der Waals surface area contributed by atoms with Crippen molar-refractivity contribution in [3.05, 3.63) is 58.6 Å². The lowest BCUT2D eigenvalue weighted by atomic mass is 10.1. The van der Waals surface area contributed by atoms with Crippen molar-refractivity contribution >= 4 is 33.4 Å². The standard InChI is InChI=1S/C20H21BrN2O3/c1-13(15-7-3-4-8-16(15)21)22-19(24)11-12-23-17-9-5-6-10-18(17)26-14(2)20(23)25/h3-10,13-14H,11-12H2,1-2H3,(H,22,24). The maximum atomic E-state index is 12.5. The first kappa shape index (κ1) is 18.5. The summed E-state index contributed by atoms with van der Waals surface area (Å²) in [5, 5.41) is 2.99. The summed E-state index contributed by atoms with van der Waals surface area (Å²) in [6, 6.07) is 15.1. The number of carbonyl (C=O) groups is 2. The highest BCUT2D eigenvalue weighted by atomic mass is 79.9. The first-order valence-electron chi connectivity index (χ1n) is 8.58. The molecule has 0 saturated heterocycles. The molecule has 26 heavy (non-hydrogen) atoms. The van der Waals surface area contributed by atoms with Crippen LogP contribution in [0.4, 0.5) is 5.69 Å². The van der Waals surface area contributed by atoms with Crippen molar-refractivity contribution in [1.82, 2.24) is 5.32 Å². The molecular weight excluding hydrogens is 396 g/mol. The third-order valence-electron chi connectivity index (χ3n) is 4.39. The molecule has 0 fully saturated rings. The monoisotopic (exact) mass is 416 g/mol. The van der Waals surface area contributed by atoms with Crippen molar-refractivity contribution in [2.75, 3.05) is 11.4 Å². The van der Waals surface area contributed by atoms with Crippen LogP contribution in [0.5, 0.6) is 5.75 Å². The first-order valence-corrected chi connectivity index (χ1v) is 9.37. The third kappa shape index (κ3) is 3.90. The molecule has 1 N–H and O–H groups in total. The van der Waals surface area contributed by atoms with Crippen molar-refractivity contribution in [3.63, 3.8) is 0 Å². The summed E-state index contributed by atoms with van der Waals surface area (Å²) in [4.78, 5) is 26.5. The van der Waals surface area contributed by atoms with Crippen LogP contribution in [0, 0.1) is 0 Å². The summed E-state index contributed by atoms with van der Waals surface area (Å²) in [7, 11) is 0. The second-order valence-electron chi connectivity index (χ2n) is 6.28. The lowest BCUT2D eigenvalue weighted by Gasteiger charge is -2.32. The molecule has 3 rings (SSSR count). The zero-order valence-electron chi connectivity index (χ0n) is 14.7. The molecule has 0 spiro atoms. The first-order chi connectivity index (χ1) is 12.5. The third-order valence-corrected chi connectivity index (χ3v) is 5.11. The van der Waals surface area contributed by atoms with Gasteiger partial charge in [-0.1, -0.05) is 46.3 Å². The molecule has 1 aliphatic rings. The fraction of sp³-hybridized carbons (Fsp3) is 0.300. The Morgan fingerprint density at radius 1 is 1.23 bits per heavy atom. The van der Waals surface area contributed by atoms with Gasteiger partial charge >= 0.3 is 0 Å². The summed E-state index contributed by atoms with van der Waals surface area (Å²) >= 11 is 3.50. The molecule has 2 aromatic carbocycles. The van der Waals surface area contributed by atoms with Gasteiger partial charge in [0.1, 0.15) is 5.75 Å². The predicted molar refractivity (Wildman–Crippen MR) is 104 cm³/mol. The van der Waals surface area contributed by atoms with E-state index in [-0.39, 0.29) is 24.3 Å². The van der Waals surface area contributed by atoms with E-state index in [1.54, 1.807) is 11.8 Å². The van der Waals surface area contributed by atoms with Crippen molar-refractivity contribution in [1.29, 1.82) is 0 Å². The van der Waals surface area contributed by atoms with Gasteiger partial charge in [-0.15, -0.1) is 0 Å². The van der Waals surface area contributed by atoms with E-state index in [4.69, 9.17) is 4.74 Å². The minimum Gasteiger partial charge on any atom is -0.479 e. The Bertz CT molecular complexity index is 824. The highest BCUT2D eigenvalue weighted by Crippen LogP contribution is 2.33. The van der Waals surface area contributed by atoms with Crippen LogP contribution < -0.4 is 15.0 Å². The van der Waals surface area contributed by atoms with Crippen LogP contribution in [0.25, 0.3) is 0 Å². The summed E-state index contributed by atoms with van der Waals surface area (Å²) in [5.74, 6) is 0.439. The number of amides is 2. The number of fused-ring (bicyclic) bond motifs is 1. The van der Waals surface area contributed by atoms with Crippen LogP contribution in [-0.4, -0.2) is 24.5 Å². The van der Waals surface area contributed by atoms with Crippen LogP contribution in [0.3, 0.4) is 0 Å². The molecule has 2 unspecified atom stereocenters. The van der Waals surface area contributed by atoms with Crippen molar-refractivity contribution in [2.45, 2.75) is 32.4 Å². The normalized spacial score (nSPS) is 17.3. The molecule has 0 aliphatic carbocycles. The van der Waals surface area contributed by atoms with Gasteiger partial charge in [0, 0.05) is 17.4 Å². The van der Waals surface area contributed by atoms with Gasteiger partial charge in [0.25, 0.3) is 5.91 Å². The highest BCUT2D eigenvalue weighted by molar-refractivity contribution is 9.10. The van der Waals surface area contributed by atoms with E-state index in [2.05, 4.69) is 21.2 Å². The summed E-state index contributed by atoms with van der Waals surface area (Å²) < 4.78 is 6.58. The largest absolute Gasteiger partial charge is 0.479 e. The van der Waals surface area contributed by atoms with Gasteiger partial charge in [-0.2, -0.15) is 0 Å². The molecule has 0 bridgehead atoms. The summed E-state index contributed by atoms with van der Waals surface area (Å²) in [6.45, 7) is 3.98. The van der Waals surface area contributed by atoms with E-state index in [0.29, 0.717) is 18.0 Å². The average Bonchev–Trinajstić information content (AvgIpc) is 2.62. The van der Waals surface area contributed by atoms with E-state index in [0.717, 1.165) is 10.0 Å². The van der Waals surface area contributed by atoms with Gasteiger partial charge in [0.15, 0.2) is 6.10 Å². The Kier molecular flexibility index (Phi) is 5.61. The van der Waals surface area contributed by atoms with E-state index in [1.165, 1.54) is 0 Å². The number of ether oxygens (including phenoxy) is 1. The number of benzene rings is 2. The number of halogens is 1. The van der Waals surface area contributed by atoms with E-state index >= 15 is 0 Å². The van der Waals surface area contributed by atoms with E-state index in [9.17, 15) is 9.59 Å². The van der Waals surface area contributed by atoms with E-state index < -0.39 is 6.10 Å². The van der Waals surface area contributed by atoms with Crippen molar-refractivity contribution in [3.8, 4) is 5.75 Å². The molecule has 2 aromatic rings. The Hall–Kier alpha value is -2.34. The van der Waals surface area contributed by atoms with Crippen molar-refractivity contribution in [2.24, 2.45) is 0 Å². The molecule has 5 nitrogen and oxygen atoms in total. The molecule has 2 amide bonds. The SMILES string of the molecule is CC1Oc2ccccc2N(CCC(=O)NC(C)c2ccccc2Br)C1=O. The van der Waals surface area contributed by atoms with Gasteiger partial charge in [0.2, 0.25) is 5.91 Å². The Labute approximate surface area is 161 Å². The number of nitrogens with one attached hydrogen (secondary N) is 1. The molecule has 1 heterocycles. The van der Waals surface area contributed by atoms with Crippen LogP contribution in [0.2, 0.25) is 0 Å². The zero-order chi connectivity index (χ0) is 18.7. The number of anilines is 1. The Balaban J connectivity index is 1.64. The zero-order valence-corrected chi connectivity index (χ0v) is 16.3. The number of rotatable bonds is 5. The maximum Gasteiger partial charge on any atom is 0.267 e. The topological polar surface area (TPSA) is 58.6 Å². The Morgan fingerprint density at radius 3 is 2.69 bits per heavy atom. The fourth-order valence-corrected chi connectivity index (χ4v) is 3.65. The minimum absolute atomic E-state index is 0.0994. The molecule has 0 saturated carbocycles. The lowest BCUT2D eigenvalue weighted by molar-refractivity contribution is -0.125. The van der Waals surface area contributed by atoms with E-state index in [1.807, 2.05) is 55.5 Å². The number of hydrogen-bond donors (Lipinski definition) is 1. The highest BCUT2D eigenvalue weighted by Gasteiger charge is 2.31. The van der Waals surface area contributed by atoms with Gasteiger partial charge in [0.05, 0.1) is 11.7 Å². The molecule has 136 valence electrons. The van der Waals surface area contributed by atoms with Gasteiger partial charge in [-0.25, -0.2) is 0 Å². The minimum atomic E-state index is -0.549. The quantitative estimate of drug-likeness (QED) is 0.805. The molecular formula is C20H21BrN2O3. The second-order valence-corrected chi connectivity index (χ2v) is 7.13. The molecule has 6 heteroatoms. The smallest absolute Gasteiger partial charge is 0.267 e. The Morgan fingerprint density at radius 2 is 1.92 bits per heavy atom. The molecule has 1 aliphatic heterocycles. The van der Waals surface area contributed by atoms with Gasteiger partial charge in [-0.05, 0) is 37.6 Å². The molecule has 2 atom stereocenters. The van der Waals surface area contributed by atoms with Crippen LogP contribution in [-0.2, 0) is 9.59 Å². The predicted octanol–water partition coefficient (Wildman–Crippen LogP) is 3.83. The summed E-state index contributed by atoms with van der Waals surface area (Å²) in [6.07, 6.45) is -0.325. The number of carbonyl (C=O) groups excluding carboxylic acids is 2.